The van der Waals surface area contributed by atoms with Gasteiger partial charge in [-0.1, -0.05) is 55.5 Å². The average molecular weight is 450 g/mol. The number of thiophene rings is 1. The van der Waals surface area contributed by atoms with E-state index in [1.165, 1.54) is 18.4 Å². The highest BCUT2D eigenvalue weighted by atomic mass is 32.1. The van der Waals surface area contributed by atoms with Gasteiger partial charge in [0.1, 0.15) is 11.2 Å². The zero-order valence-electron chi connectivity index (χ0n) is 18.9. The first-order chi connectivity index (χ1) is 15.5. The summed E-state index contributed by atoms with van der Waals surface area (Å²) < 4.78 is 3.14. The Hall–Kier alpha value is -2.60. The molecule has 6 heteroatoms. The van der Waals surface area contributed by atoms with Gasteiger partial charge >= 0.3 is 0 Å². The summed E-state index contributed by atoms with van der Waals surface area (Å²) in [6, 6.07) is 12.5. The second-order valence-electron chi connectivity index (χ2n) is 9.60. The van der Waals surface area contributed by atoms with Crippen LogP contribution in [0, 0.1) is 6.92 Å². The highest BCUT2D eigenvalue weighted by molar-refractivity contribution is 7.17. The number of aryl methyl sites for hydroxylation is 1. The van der Waals surface area contributed by atoms with Crippen LogP contribution in [0.3, 0.4) is 0 Å². The largest absolute Gasteiger partial charge is 0.351 e. The van der Waals surface area contributed by atoms with Crippen LogP contribution in [0.15, 0.2) is 41.8 Å². The summed E-state index contributed by atoms with van der Waals surface area (Å²) >= 11 is 1.64. The third-order valence-corrected chi connectivity index (χ3v) is 8.04. The molecular weight excluding hydrogens is 418 g/mol. The summed E-state index contributed by atoms with van der Waals surface area (Å²) in [5, 5.41) is 5.38. The molecule has 1 saturated carbocycles. The number of hydrogen-bond acceptors (Lipinski definition) is 3. The molecule has 0 spiro atoms. The average Bonchev–Trinajstić information content (AvgIpc) is 3.27. The molecule has 2 aliphatic rings. The fraction of sp³-hybridized carbons (Fsp3) is 0.462. The van der Waals surface area contributed by atoms with Gasteiger partial charge in [-0.05, 0) is 49.8 Å². The first-order valence-corrected chi connectivity index (χ1v) is 12.6. The van der Waals surface area contributed by atoms with E-state index in [9.17, 15) is 9.59 Å². The first kappa shape index (κ1) is 21.3. The number of benzene rings is 1. The van der Waals surface area contributed by atoms with Gasteiger partial charge in [0.25, 0.3) is 5.91 Å². The summed E-state index contributed by atoms with van der Waals surface area (Å²) in [5.74, 6) is -0.105. The number of carbonyl (C=O) groups excluding carboxylic acids is 2. The Morgan fingerprint density at radius 2 is 1.84 bits per heavy atom. The van der Waals surface area contributed by atoms with Crippen LogP contribution in [-0.4, -0.2) is 32.9 Å². The molecule has 3 aromatic rings. The van der Waals surface area contributed by atoms with Crippen molar-refractivity contribution in [2.24, 2.45) is 0 Å². The predicted molar refractivity (Wildman–Crippen MR) is 129 cm³/mol. The van der Waals surface area contributed by atoms with E-state index >= 15 is 0 Å². The van der Waals surface area contributed by atoms with E-state index in [4.69, 9.17) is 0 Å². The van der Waals surface area contributed by atoms with E-state index in [0.717, 1.165) is 41.5 Å². The molecule has 0 bridgehead atoms. The van der Waals surface area contributed by atoms with Crippen molar-refractivity contribution >= 4 is 33.4 Å². The van der Waals surface area contributed by atoms with Gasteiger partial charge in [0.05, 0.1) is 16.8 Å². The SMILES string of the molecule is Cc1ccc(CN2C(=O)c3cc4sccc4n3C[C@]2(C)C(=O)NC2CCCCCC2)cc1. The summed E-state index contributed by atoms with van der Waals surface area (Å²) in [5.41, 5.74) is 3.00. The molecular formula is C26H31N3O2S. The molecule has 0 saturated heterocycles. The number of hydrogen-bond donors (Lipinski definition) is 1. The zero-order chi connectivity index (χ0) is 22.3. The van der Waals surface area contributed by atoms with E-state index in [1.54, 1.807) is 16.2 Å². The highest BCUT2D eigenvalue weighted by Gasteiger charge is 2.48. The molecule has 1 atom stereocenters. The molecule has 2 aromatic heterocycles. The maximum atomic E-state index is 13.8. The summed E-state index contributed by atoms with van der Waals surface area (Å²) in [6.45, 7) is 4.89. The van der Waals surface area contributed by atoms with Crippen molar-refractivity contribution in [3.63, 3.8) is 0 Å². The van der Waals surface area contributed by atoms with Crippen LogP contribution in [-0.2, 0) is 17.9 Å². The molecule has 1 aliphatic carbocycles. The van der Waals surface area contributed by atoms with Crippen LogP contribution in [0.5, 0.6) is 0 Å². The van der Waals surface area contributed by atoms with Gasteiger partial charge in [0.2, 0.25) is 5.91 Å². The summed E-state index contributed by atoms with van der Waals surface area (Å²) in [7, 11) is 0. The molecule has 3 heterocycles. The van der Waals surface area contributed by atoms with Gasteiger partial charge < -0.3 is 14.8 Å². The minimum Gasteiger partial charge on any atom is -0.351 e. The number of carbonyl (C=O) groups is 2. The lowest BCUT2D eigenvalue weighted by molar-refractivity contribution is -0.134. The summed E-state index contributed by atoms with van der Waals surface area (Å²) in [6.07, 6.45) is 6.85. The molecule has 0 unspecified atom stereocenters. The van der Waals surface area contributed by atoms with Crippen LogP contribution >= 0.6 is 11.3 Å². The number of fused-ring (bicyclic) bond motifs is 3. The summed E-state index contributed by atoms with van der Waals surface area (Å²) in [4.78, 5) is 29.3. The third kappa shape index (κ3) is 3.75. The minimum absolute atomic E-state index is 0.0346. The van der Waals surface area contributed by atoms with Crippen LogP contribution in [0.25, 0.3) is 10.2 Å². The quantitative estimate of drug-likeness (QED) is 0.552. The lowest BCUT2D eigenvalue weighted by Crippen LogP contribution is -2.64. The van der Waals surface area contributed by atoms with Crippen molar-refractivity contribution in [1.29, 1.82) is 0 Å². The van der Waals surface area contributed by atoms with E-state index < -0.39 is 5.54 Å². The normalized spacial score (nSPS) is 22.1. The van der Waals surface area contributed by atoms with Crippen LogP contribution in [0.4, 0.5) is 0 Å². The van der Waals surface area contributed by atoms with Crippen molar-refractivity contribution in [1.82, 2.24) is 14.8 Å². The van der Waals surface area contributed by atoms with E-state index in [0.29, 0.717) is 18.8 Å². The molecule has 1 N–H and O–H groups in total. The number of aromatic nitrogens is 1. The van der Waals surface area contributed by atoms with Crippen molar-refractivity contribution in [2.45, 2.75) is 77.0 Å². The molecule has 1 aliphatic heterocycles. The van der Waals surface area contributed by atoms with Gasteiger partial charge in [0.15, 0.2) is 0 Å². The molecule has 168 valence electrons. The predicted octanol–water partition coefficient (Wildman–Crippen LogP) is 5.26. The van der Waals surface area contributed by atoms with Gasteiger partial charge in [-0.15, -0.1) is 11.3 Å². The van der Waals surface area contributed by atoms with Crippen molar-refractivity contribution in [2.75, 3.05) is 0 Å². The maximum absolute atomic E-state index is 13.8. The topological polar surface area (TPSA) is 54.3 Å². The van der Waals surface area contributed by atoms with E-state index in [1.807, 2.05) is 22.9 Å². The fourth-order valence-corrected chi connectivity index (χ4v) is 5.98. The molecule has 2 amide bonds. The monoisotopic (exact) mass is 449 g/mol. The highest BCUT2D eigenvalue weighted by Crippen LogP contribution is 2.35. The van der Waals surface area contributed by atoms with Gasteiger partial charge in [-0.3, -0.25) is 9.59 Å². The Labute approximate surface area is 193 Å². The Morgan fingerprint density at radius 3 is 2.56 bits per heavy atom. The minimum atomic E-state index is -0.949. The first-order valence-electron chi connectivity index (χ1n) is 11.7. The standard InChI is InChI=1S/C26H31N3O2S/c1-18-9-11-19(12-10-18)16-29-24(30)22-15-23-21(13-14-32-23)28(22)17-26(29,2)25(31)27-20-7-5-3-4-6-8-20/h9-15,20H,3-8,16-17H2,1-2H3,(H,27,31)/t26-/m1/s1. The Kier molecular flexibility index (Phi) is 5.58. The number of nitrogens with one attached hydrogen (secondary N) is 1. The van der Waals surface area contributed by atoms with Crippen LogP contribution < -0.4 is 5.32 Å². The fourth-order valence-electron chi connectivity index (χ4n) is 5.16. The van der Waals surface area contributed by atoms with Crippen molar-refractivity contribution in [3.05, 3.63) is 58.6 Å². The van der Waals surface area contributed by atoms with Crippen LogP contribution in [0.2, 0.25) is 0 Å². The van der Waals surface area contributed by atoms with Crippen LogP contribution in [0.1, 0.15) is 67.1 Å². The molecule has 5 nitrogen and oxygen atoms in total. The molecule has 32 heavy (non-hydrogen) atoms. The van der Waals surface area contributed by atoms with Gasteiger partial charge in [-0.2, -0.15) is 0 Å². The third-order valence-electron chi connectivity index (χ3n) is 7.19. The van der Waals surface area contributed by atoms with Gasteiger partial charge in [0, 0.05) is 12.6 Å². The smallest absolute Gasteiger partial charge is 0.271 e. The Balaban J connectivity index is 1.51. The number of amides is 2. The molecule has 1 fully saturated rings. The molecule has 5 rings (SSSR count). The lowest BCUT2D eigenvalue weighted by atomic mass is 9.93. The van der Waals surface area contributed by atoms with Crippen molar-refractivity contribution < 1.29 is 9.59 Å². The van der Waals surface area contributed by atoms with E-state index in [2.05, 4.69) is 42.6 Å². The Bertz CT molecular complexity index is 1140. The zero-order valence-corrected chi connectivity index (χ0v) is 19.7. The number of nitrogens with zero attached hydrogens (tertiary/aromatic N) is 2. The number of rotatable bonds is 4. The lowest BCUT2D eigenvalue weighted by Gasteiger charge is -2.44. The molecule has 1 aromatic carbocycles. The van der Waals surface area contributed by atoms with Crippen molar-refractivity contribution in [3.8, 4) is 0 Å². The Morgan fingerprint density at radius 1 is 1.12 bits per heavy atom. The second kappa shape index (κ2) is 8.39. The van der Waals surface area contributed by atoms with E-state index in [-0.39, 0.29) is 17.9 Å². The van der Waals surface area contributed by atoms with Gasteiger partial charge in [-0.25, -0.2) is 0 Å². The molecule has 0 radical (unpaired) electrons. The second-order valence-corrected chi connectivity index (χ2v) is 10.5. The maximum Gasteiger partial charge on any atom is 0.271 e.